The van der Waals surface area contributed by atoms with Crippen molar-refractivity contribution in [3.8, 4) is 23.5 Å². The summed E-state index contributed by atoms with van der Waals surface area (Å²) in [6, 6.07) is 4.55. The van der Waals surface area contributed by atoms with Gasteiger partial charge < -0.3 is 39.6 Å². The molecule has 0 saturated carbocycles. The molecule has 0 radical (unpaired) electrons. The Hall–Kier alpha value is -3.62. The number of aromatic hydroxyl groups is 4. The monoisotopic (exact) mass is 431 g/mol. The molecule has 0 aromatic carbocycles. The third-order valence-corrected chi connectivity index (χ3v) is 3.32. The molecule has 2 heterocycles. The quantitative estimate of drug-likeness (QED) is 0.259. The van der Waals surface area contributed by atoms with Crippen LogP contribution in [0.1, 0.15) is 0 Å². The van der Waals surface area contributed by atoms with E-state index in [9.17, 15) is 30.0 Å². The standard InChI is InChI=1S/C16H21N3O11/c1-17(16(25)30-19-13(22)4-5-14(19)23)28-9-8-26-6-7-27-10-15(24)29-18-11(20)2-3-12(18)21/h2-5,20-23H,6-10H2,1H3. The number of ether oxygens (including phenoxy) is 2. The van der Waals surface area contributed by atoms with Gasteiger partial charge in [0.15, 0.2) is 0 Å². The summed E-state index contributed by atoms with van der Waals surface area (Å²) in [4.78, 5) is 37.7. The lowest BCUT2D eigenvalue weighted by molar-refractivity contribution is -0.152. The Morgan fingerprint density at radius 2 is 1.27 bits per heavy atom. The molecule has 30 heavy (non-hydrogen) atoms. The highest BCUT2D eigenvalue weighted by Crippen LogP contribution is 2.19. The minimum atomic E-state index is -1.00. The van der Waals surface area contributed by atoms with Gasteiger partial charge in [0.2, 0.25) is 23.5 Å². The molecule has 0 spiro atoms. The minimum Gasteiger partial charge on any atom is -0.492 e. The van der Waals surface area contributed by atoms with Gasteiger partial charge in [-0.2, -0.15) is 5.06 Å². The van der Waals surface area contributed by atoms with E-state index < -0.39 is 42.2 Å². The summed E-state index contributed by atoms with van der Waals surface area (Å²) in [5, 5.41) is 38.2. The first-order valence-corrected chi connectivity index (χ1v) is 8.44. The van der Waals surface area contributed by atoms with Crippen molar-refractivity contribution in [2.75, 3.05) is 40.1 Å². The zero-order valence-electron chi connectivity index (χ0n) is 15.8. The van der Waals surface area contributed by atoms with Crippen LogP contribution < -0.4 is 9.68 Å². The van der Waals surface area contributed by atoms with Gasteiger partial charge in [0.25, 0.3) is 0 Å². The summed E-state index contributed by atoms with van der Waals surface area (Å²) in [5.41, 5.74) is 0. The van der Waals surface area contributed by atoms with Crippen LogP contribution in [0.3, 0.4) is 0 Å². The first-order chi connectivity index (χ1) is 14.3. The Bertz CT molecular complexity index is 809. The fraction of sp³-hybridized carbons (Fsp3) is 0.375. The molecule has 0 fully saturated rings. The number of hydrogen-bond acceptors (Lipinski definition) is 11. The van der Waals surface area contributed by atoms with E-state index in [1.807, 2.05) is 0 Å². The maximum Gasteiger partial charge on any atom is 0.458 e. The molecule has 2 aromatic rings. The highest BCUT2D eigenvalue weighted by molar-refractivity contribution is 5.71. The summed E-state index contributed by atoms with van der Waals surface area (Å²) in [6.07, 6.45) is -1.00. The SMILES string of the molecule is CN(OCCOCCOCC(=O)On1c(O)ccc1O)C(=O)On1c(O)ccc1O. The van der Waals surface area contributed by atoms with Gasteiger partial charge in [-0.1, -0.05) is 0 Å². The van der Waals surface area contributed by atoms with Crippen LogP contribution in [0.4, 0.5) is 4.79 Å². The van der Waals surface area contributed by atoms with Crippen molar-refractivity contribution in [1.29, 1.82) is 0 Å². The van der Waals surface area contributed by atoms with E-state index >= 15 is 0 Å². The lowest BCUT2D eigenvalue weighted by Gasteiger charge is -2.16. The largest absolute Gasteiger partial charge is 0.492 e. The van der Waals surface area contributed by atoms with E-state index in [1.54, 1.807) is 0 Å². The lowest BCUT2D eigenvalue weighted by atomic mass is 10.6. The maximum absolute atomic E-state index is 11.7. The highest BCUT2D eigenvalue weighted by atomic mass is 16.8. The zero-order chi connectivity index (χ0) is 22.1. The summed E-state index contributed by atoms with van der Waals surface area (Å²) < 4.78 is 11.3. The molecule has 2 aromatic heterocycles. The molecule has 0 bridgehead atoms. The third-order valence-electron chi connectivity index (χ3n) is 3.32. The second-order valence-electron chi connectivity index (χ2n) is 5.50. The molecule has 0 unspecified atom stereocenters. The van der Waals surface area contributed by atoms with Crippen molar-refractivity contribution < 1.29 is 54.0 Å². The molecule has 0 aliphatic rings. The van der Waals surface area contributed by atoms with Gasteiger partial charge in [-0.15, -0.1) is 9.46 Å². The van der Waals surface area contributed by atoms with Crippen molar-refractivity contribution in [1.82, 2.24) is 14.5 Å². The van der Waals surface area contributed by atoms with Crippen LogP contribution in [0.15, 0.2) is 24.3 Å². The molecule has 14 nitrogen and oxygen atoms in total. The number of carbonyl (C=O) groups is 2. The number of hydrogen-bond donors (Lipinski definition) is 4. The molecule has 166 valence electrons. The van der Waals surface area contributed by atoms with E-state index in [2.05, 4.69) is 4.84 Å². The van der Waals surface area contributed by atoms with Crippen LogP contribution >= 0.6 is 0 Å². The molecule has 2 rings (SSSR count). The first-order valence-electron chi connectivity index (χ1n) is 8.44. The molecule has 0 aliphatic heterocycles. The van der Waals surface area contributed by atoms with Crippen LogP contribution in [0, 0.1) is 0 Å². The normalized spacial score (nSPS) is 10.7. The van der Waals surface area contributed by atoms with Crippen molar-refractivity contribution in [3.05, 3.63) is 24.3 Å². The summed E-state index contributed by atoms with van der Waals surface area (Å²) >= 11 is 0. The first kappa shape index (κ1) is 22.7. The minimum absolute atomic E-state index is 0.0243. The molecule has 0 aliphatic carbocycles. The highest BCUT2D eigenvalue weighted by Gasteiger charge is 2.17. The van der Waals surface area contributed by atoms with Gasteiger partial charge in [0.05, 0.1) is 26.4 Å². The van der Waals surface area contributed by atoms with E-state index in [0.29, 0.717) is 9.46 Å². The zero-order valence-corrected chi connectivity index (χ0v) is 15.8. The number of carbonyl (C=O) groups excluding carboxylic acids is 2. The Balaban J connectivity index is 1.51. The van der Waals surface area contributed by atoms with Gasteiger partial charge in [0.1, 0.15) is 6.61 Å². The van der Waals surface area contributed by atoms with Gasteiger partial charge >= 0.3 is 12.1 Å². The Kier molecular flexibility index (Phi) is 8.16. The van der Waals surface area contributed by atoms with E-state index in [-0.39, 0.29) is 26.4 Å². The van der Waals surface area contributed by atoms with Crippen molar-refractivity contribution in [2.24, 2.45) is 0 Å². The van der Waals surface area contributed by atoms with Crippen LogP contribution in [0.25, 0.3) is 0 Å². The van der Waals surface area contributed by atoms with Gasteiger partial charge in [-0.3, -0.25) is 4.84 Å². The predicted octanol–water partition coefficient (Wildman–Crippen LogP) is -0.787. The van der Waals surface area contributed by atoms with E-state index in [4.69, 9.17) is 19.1 Å². The van der Waals surface area contributed by atoms with Gasteiger partial charge in [-0.05, 0) is 0 Å². The molecular weight excluding hydrogens is 410 g/mol. The van der Waals surface area contributed by atoms with Crippen molar-refractivity contribution in [3.63, 3.8) is 0 Å². The second kappa shape index (κ2) is 10.8. The second-order valence-corrected chi connectivity index (χ2v) is 5.50. The van der Waals surface area contributed by atoms with Crippen LogP contribution in [-0.4, -0.2) is 87.1 Å². The molecule has 4 N–H and O–H groups in total. The summed E-state index contributed by atoms with van der Waals surface area (Å²) in [7, 11) is 1.26. The van der Waals surface area contributed by atoms with Crippen molar-refractivity contribution in [2.45, 2.75) is 0 Å². The average molecular weight is 431 g/mol. The van der Waals surface area contributed by atoms with E-state index in [0.717, 1.165) is 29.3 Å². The number of amides is 1. The predicted molar refractivity (Wildman–Crippen MR) is 94.4 cm³/mol. The fourth-order valence-electron chi connectivity index (χ4n) is 1.92. The molecule has 0 atom stereocenters. The number of nitrogens with zero attached hydrogens (tertiary/aromatic N) is 3. The Morgan fingerprint density at radius 1 is 0.800 bits per heavy atom. The lowest BCUT2D eigenvalue weighted by Crippen LogP contribution is -2.34. The number of hydroxylamine groups is 2. The topological polar surface area (TPSA) is 174 Å². The maximum atomic E-state index is 11.7. The smallest absolute Gasteiger partial charge is 0.458 e. The molecule has 14 heteroatoms. The average Bonchev–Trinajstić information content (AvgIpc) is 3.19. The van der Waals surface area contributed by atoms with Crippen molar-refractivity contribution >= 4 is 12.1 Å². The van der Waals surface area contributed by atoms with E-state index in [1.165, 1.54) is 7.05 Å². The number of rotatable bonds is 11. The van der Waals surface area contributed by atoms with Crippen LogP contribution in [-0.2, 0) is 19.1 Å². The summed E-state index contributed by atoms with van der Waals surface area (Å²) in [6.45, 7) is -0.233. The molecule has 1 amide bonds. The summed E-state index contributed by atoms with van der Waals surface area (Å²) in [5.74, 6) is -2.67. The fourth-order valence-corrected chi connectivity index (χ4v) is 1.92. The van der Waals surface area contributed by atoms with Gasteiger partial charge in [0, 0.05) is 31.3 Å². The van der Waals surface area contributed by atoms with Crippen LogP contribution in [0.2, 0.25) is 0 Å². The Labute approximate surface area is 169 Å². The molecule has 0 saturated heterocycles. The van der Waals surface area contributed by atoms with Gasteiger partial charge in [-0.25, -0.2) is 9.59 Å². The molecular formula is C16H21N3O11. The van der Waals surface area contributed by atoms with Crippen LogP contribution in [0.5, 0.6) is 23.5 Å². The third kappa shape index (κ3) is 6.47. The Morgan fingerprint density at radius 3 is 1.83 bits per heavy atom. The number of aromatic nitrogens is 2.